The van der Waals surface area contributed by atoms with Crippen LogP contribution in [-0.2, 0) is 16.8 Å². The van der Waals surface area contributed by atoms with Crippen molar-refractivity contribution in [2.45, 2.75) is 26.4 Å². The van der Waals surface area contributed by atoms with Gasteiger partial charge in [-0.25, -0.2) is 0 Å². The summed E-state index contributed by atoms with van der Waals surface area (Å²) >= 11 is 0. The second-order valence-electron chi connectivity index (χ2n) is 4.11. The number of hydrogen-bond acceptors (Lipinski definition) is 3. The van der Waals surface area contributed by atoms with Crippen LogP contribution in [-0.4, -0.2) is 30.9 Å². The van der Waals surface area contributed by atoms with E-state index in [4.69, 9.17) is 0 Å². The molecule has 0 unspecified atom stereocenters. The third-order valence-corrected chi connectivity index (χ3v) is 4.16. The van der Waals surface area contributed by atoms with Crippen molar-refractivity contribution < 1.29 is 13.5 Å². The Morgan fingerprint density at radius 1 is 1.41 bits per heavy atom. The Hall–Kier alpha value is -1.11. The number of phenolic OH excluding ortho intramolecular Hbond substituents is 1. The van der Waals surface area contributed by atoms with Crippen molar-refractivity contribution in [3.63, 3.8) is 0 Å². The molecule has 0 aliphatic rings. The summed E-state index contributed by atoms with van der Waals surface area (Å²) in [6.07, 6.45) is 0. The predicted molar refractivity (Wildman–Crippen MR) is 66.8 cm³/mol. The van der Waals surface area contributed by atoms with E-state index in [2.05, 4.69) is 4.72 Å². The van der Waals surface area contributed by atoms with Crippen LogP contribution < -0.4 is 4.72 Å². The monoisotopic (exact) mass is 258 g/mol. The molecule has 1 aromatic carbocycles. The Labute approximate surface area is 102 Å². The van der Waals surface area contributed by atoms with Gasteiger partial charge in [0.2, 0.25) is 0 Å². The Morgan fingerprint density at radius 2 is 2.06 bits per heavy atom. The molecule has 0 spiro atoms. The molecule has 0 aromatic heterocycles. The maximum Gasteiger partial charge on any atom is 0.279 e. The topological polar surface area (TPSA) is 69.6 Å². The summed E-state index contributed by atoms with van der Waals surface area (Å²) in [4.78, 5) is 0. The molecule has 5 nitrogen and oxygen atoms in total. The van der Waals surface area contributed by atoms with Crippen LogP contribution in [0.3, 0.4) is 0 Å². The molecule has 6 heteroatoms. The van der Waals surface area contributed by atoms with Gasteiger partial charge in [0.25, 0.3) is 10.2 Å². The molecule has 0 bridgehead atoms. The number of nitrogens with one attached hydrogen (secondary N) is 1. The maximum absolute atomic E-state index is 11.8. The number of phenols is 1. The van der Waals surface area contributed by atoms with E-state index in [9.17, 15) is 13.5 Å². The highest BCUT2D eigenvalue weighted by Gasteiger charge is 2.19. The van der Waals surface area contributed by atoms with Gasteiger partial charge in [-0.1, -0.05) is 12.1 Å². The lowest BCUT2D eigenvalue weighted by atomic mass is 10.2. The molecular weight excluding hydrogens is 240 g/mol. The highest BCUT2D eigenvalue weighted by Crippen LogP contribution is 2.11. The van der Waals surface area contributed by atoms with Crippen molar-refractivity contribution in [3.8, 4) is 5.75 Å². The minimum atomic E-state index is -3.47. The van der Waals surface area contributed by atoms with Crippen LogP contribution in [0.5, 0.6) is 5.75 Å². The zero-order valence-electron chi connectivity index (χ0n) is 10.2. The van der Waals surface area contributed by atoms with Crippen molar-refractivity contribution >= 4 is 10.2 Å². The van der Waals surface area contributed by atoms with Gasteiger partial charge in [0.15, 0.2) is 0 Å². The van der Waals surface area contributed by atoms with Crippen LogP contribution in [0.1, 0.15) is 19.4 Å². The standard InChI is InChI=1S/C11H18N2O3S/c1-9(2)13(3)17(15,16)12-8-10-5-4-6-11(14)7-10/h4-7,9,12,14H,8H2,1-3H3. The predicted octanol–water partition coefficient (Wildman–Crippen LogP) is 1.07. The van der Waals surface area contributed by atoms with Crippen LogP contribution >= 0.6 is 0 Å². The van der Waals surface area contributed by atoms with Gasteiger partial charge in [-0.2, -0.15) is 17.4 Å². The molecule has 0 radical (unpaired) electrons. The highest BCUT2D eigenvalue weighted by molar-refractivity contribution is 7.87. The number of nitrogens with zero attached hydrogens (tertiary/aromatic N) is 1. The van der Waals surface area contributed by atoms with Crippen molar-refractivity contribution in [2.75, 3.05) is 7.05 Å². The molecule has 0 aliphatic carbocycles. The third-order valence-electron chi connectivity index (χ3n) is 2.48. The van der Waals surface area contributed by atoms with Crippen molar-refractivity contribution in [3.05, 3.63) is 29.8 Å². The second-order valence-corrected chi connectivity index (χ2v) is 5.92. The van der Waals surface area contributed by atoms with E-state index < -0.39 is 10.2 Å². The highest BCUT2D eigenvalue weighted by atomic mass is 32.2. The first-order valence-corrected chi connectivity index (χ1v) is 6.77. The summed E-state index contributed by atoms with van der Waals surface area (Å²) in [6, 6.07) is 6.38. The Morgan fingerprint density at radius 3 is 2.59 bits per heavy atom. The molecule has 0 aliphatic heterocycles. The first-order valence-electron chi connectivity index (χ1n) is 5.33. The van der Waals surface area contributed by atoms with Gasteiger partial charge < -0.3 is 5.11 Å². The van der Waals surface area contributed by atoms with Gasteiger partial charge in [0, 0.05) is 19.6 Å². The summed E-state index contributed by atoms with van der Waals surface area (Å²) in [5, 5.41) is 9.25. The fourth-order valence-corrected chi connectivity index (χ4v) is 2.33. The Kier molecular flexibility index (Phi) is 4.50. The van der Waals surface area contributed by atoms with Gasteiger partial charge in [0.05, 0.1) is 0 Å². The van der Waals surface area contributed by atoms with Gasteiger partial charge in [-0.05, 0) is 31.5 Å². The Balaban J connectivity index is 2.68. The molecule has 96 valence electrons. The number of rotatable bonds is 5. The number of benzene rings is 1. The van der Waals surface area contributed by atoms with E-state index in [0.717, 1.165) is 0 Å². The summed E-state index contributed by atoms with van der Waals surface area (Å²) in [5.41, 5.74) is 0.714. The largest absolute Gasteiger partial charge is 0.508 e. The Bertz CT molecular complexity index is 471. The van der Waals surface area contributed by atoms with Crippen molar-refractivity contribution in [1.29, 1.82) is 0 Å². The van der Waals surface area contributed by atoms with Crippen LogP contribution in [0, 0.1) is 0 Å². The molecule has 0 amide bonds. The zero-order chi connectivity index (χ0) is 13.1. The van der Waals surface area contributed by atoms with Gasteiger partial charge in [0.1, 0.15) is 5.75 Å². The van der Waals surface area contributed by atoms with Crippen LogP contribution in [0.15, 0.2) is 24.3 Å². The van der Waals surface area contributed by atoms with Crippen molar-refractivity contribution in [1.82, 2.24) is 9.03 Å². The fourth-order valence-electron chi connectivity index (χ4n) is 1.22. The maximum atomic E-state index is 11.8. The first kappa shape index (κ1) is 14.0. The summed E-state index contributed by atoms with van der Waals surface area (Å²) in [5.74, 6) is 0.124. The quantitative estimate of drug-likeness (QED) is 0.830. The molecule has 0 saturated heterocycles. The van der Waals surface area contributed by atoms with E-state index in [1.807, 2.05) is 0 Å². The normalized spacial score (nSPS) is 12.3. The minimum Gasteiger partial charge on any atom is -0.508 e. The van der Waals surface area contributed by atoms with Crippen molar-refractivity contribution in [2.24, 2.45) is 0 Å². The van der Waals surface area contributed by atoms with Gasteiger partial charge >= 0.3 is 0 Å². The lowest BCUT2D eigenvalue weighted by Crippen LogP contribution is -2.41. The average molecular weight is 258 g/mol. The third kappa shape index (κ3) is 3.99. The molecule has 2 N–H and O–H groups in total. The number of aromatic hydroxyl groups is 1. The first-order chi connectivity index (χ1) is 7.83. The molecular formula is C11H18N2O3S. The SMILES string of the molecule is CC(C)N(C)S(=O)(=O)NCc1cccc(O)c1. The van der Waals surface area contributed by atoms with Crippen LogP contribution in [0.2, 0.25) is 0 Å². The van der Waals surface area contributed by atoms with E-state index in [0.29, 0.717) is 5.56 Å². The second kappa shape index (κ2) is 5.48. The number of hydrogen-bond donors (Lipinski definition) is 2. The van der Waals surface area contributed by atoms with E-state index in [1.165, 1.54) is 23.5 Å². The summed E-state index contributed by atoms with van der Waals surface area (Å²) in [7, 11) is -1.95. The minimum absolute atomic E-state index is 0.100. The zero-order valence-corrected chi connectivity index (χ0v) is 11.0. The molecule has 0 saturated carbocycles. The van der Waals surface area contributed by atoms with E-state index >= 15 is 0 Å². The van der Waals surface area contributed by atoms with Crippen LogP contribution in [0.25, 0.3) is 0 Å². The molecule has 17 heavy (non-hydrogen) atoms. The molecule has 1 rings (SSSR count). The lowest BCUT2D eigenvalue weighted by Gasteiger charge is -2.21. The molecule has 1 aromatic rings. The molecule has 0 heterocycles. The van der Waals surface area contributed by atoms with E-state index in [1.54, 1.807) is 26.0 Å². The van der Waals surface area contributed by atoms with Crippen LogP contribution in [0.4, 0.5) is 0 Å². The van der Waals surface area contributed by atoms with E-state index in [-0.39, 0.29) is 18.3 Å². The molecule has 0 fully saturated rings. The summed E-state index contributed by atoms with van der Waals surface area (Å²) < 4.78 is 27.3. The average Bonchev–Trinajstić information content (AvgIpc) is 2.25. The molecule has 0 atom stereocenters. The summed E-state index contributed by atoms with van der Waals surface area (Å²) in [6.45, 7) is 3.76. The smallest absolute Gasteiger partial charge is 0.279 e. The van der Waals surface area contributed by atoms with Gasteiger partial charge in [-0.15, -0.1) is 0 Å². The fraction of sp³-hybridized carbons (Fsp3) is 0.455. The lowest BCUT2D eigenvalue weighted by molar-refractivity contribution is 0.402. The van der Waals surface area contributed by atoms with Gasteiger partial charge in [-0.3, -0.25) is 0 Å².